The van der Waals surface area contributed by atoms with Crippen LogP contribution in [0.15, 0.2) is 57.3 Å². The highest BCUT2D eigenvalue weighted by molar-refractivity contribution is 7.85. The van der Waals surface area contributed by atoms with Gasteiger partial charge in [0.05, 0.1) is 19.1 Å². The quantitative estimate of drug-likeness (QED) is 0.577. The summed E-state index contributed by atoms with van der Waals surface area (Å²) in [7, 11) is -0.0452. The van der Waals surface area contributed by atoms with E-state index >= 15 is 0 Å². The second-order valence-electron chi connectivity index (χ2n) is 5.16. The molecule has 136 valence electrons. The molecule has 0 radical (unpaired) electrons. The number of methoxy groups -OCH3 is 3. The van der Waals surface area contributed by atoms with Gasteiger partial charge in [0.1, 0.15) is 23.3 Å². The average molecular weight is 369 g/mol. The first kappa shape index (κ1) is 19.1. The van der Waals surface area contributed by atoms with Crippen molar-refractivity contribution in [2.24, 2.45) is 16.0 Å². The van der Waals surface area contributed by atoms with Crippen LogP contribution in [-0.4, -0.2) is 46.1 Å². The Morgan fingerprint density at radius 2 is 1.96 bits per heavy atom. The normalized spacial score (nSPS) is 23.6. The summed E-state index contributed by atoms with van der Waals surface area (Å²) in [4.78, 5) is -0.340. The van der Waals surface area contributed by atoms with Gasteiger partial charge in [0.2, 0.25) is 0 Å². The predicted molar refractivity (Wildman–Crippen MR) is 89.3 cm³/mol. The maximum absolute atomic E-state index is 11.3. The van der Waals surface area contributed by atoms with Crippen molar-refractivity contribution in [3.8, 4) is 5.75 Å². The van der Waals surface area contributed by atoms with Crippen molar-refractivity contribution >= 4 is 15.8 Å². The van der Waals surface area contributed by atoms with Crippen LogP contribution >= 0.6 is 0 Å². The van der Waals surface area contributed by atoms with Crippen LogP contribution in [-0.2, 0) is 19.6 Å². The molecule has 9 nitrogen and oxygen atoms in total. The molecule has 0 heterocycles. The zero-order chi connectivity index (χ0) is 18.7. The molecule has 25 heavy (non-hydrogen) atoms. The van der Waals surface area contributed by atoms with E-state index in [0.29, 0.717) is 5.76 Å². The van der Waals surface area contributed by atoms with E-state index in [0.717, 1.165) is 6.07 Å². The number of hydrogen-bond acceptors (Lipinski definition) is 8. The van der Waals surface area contributed by atoms with Crippen molar-refractivity contribution in [3.63, 3.8) is 0 Å². The van der Waals surface area contributed by atoms with Gasteiger partial charge in [-0.2, -0.15) is 13.5 Å². The summed E-state index contributed by atoms with van der Waals surface area (Å²) >= 11 is 0. The topological polar surface area (TPSA) is 133 Å². The van der Waals surface area contributed by atoms with E-state index in [2.05, 4.69) is 10.2 Å². The van der Waals surface area contributed by atoms with Crippen LogP contribution in [0.3, 0.4) is 0 Å². The van der Waals surface area contributed by atoms with Gasteiger partial charge in [-0.15, -0.1) is 5.11 Å². The third-order valence-corrected chi connectivity index (χ3v) is 4.38. The monoisotopic (exact) mass is 369 g/mol. The molecule has 2 unspecified atom stereocenters. The lowest BCUT2D eigenvalue weighted by molar-refractivity contribution is 0.0868. The molecular formula is C15H19N3O6S. The van der Waals surface area contributed by atoms with Gasteiger partial charge in [-0.25, -0.2) is 0 Å². The number of nitrogens with two attached hydrogens (primary N) is 1. The summed E-state index contributed by atoms with van der Waals surface area (Å²) in [6.45, 7) is 0. The fourth-order valence-electron chi connectivity index (χ4n) is 2.22. The Morgan fingerprint density at radius 3 is 2.52 bits per heavy atom. The van der Waals surface area contributed by atoms with Gasteiger partial charge in [-0.05, 0) is 30.4 Å². The summed E-state index contributed by atoms with van der Waals surface area (Å²) < 4.78 is 47.3. The van der Waals surface area contributed by atoms with Crippen LogP contribution in [0.4, 0.5) is 5.69 Å². The van der Waals surface area contributed by atoms with Crippen molar-refractivity contribution in [1.29, 1.82) is 0 Å². The van der Waals surface area contributed by atoms with E-state index in [1.54, 1.807) is 12.2 Å². The zero-order valence-electron chi connectivity index (χ0n) is 13.9. The summed E-state index contributed by atoms with van der Waals surface area (Å²) in [5.41, 5.74) is 4.96. The standard InChI is InChI=1S/C15H19N3O6S/c1-22-10-4-7-14(24-3)15(16,9-10)18-17-12-8-11(25(19,20)21)5-6-13(12)23-2/h4-9,14H,16H2,1-3H3,(H,19,20,21). The molecule has 0 bridgehead atoms. The first-order valence-corrected chi connectivity index (χ1v) is 8.52. The molecule has 0 saturated carbocycles. The second-order valence-corrected chi connectivity index (χ2v) is 6.58. The van der Waals surface area contributed by atoms with Crippen molar-refractivity contribution < 1.29 is 27.2 Å². The summed E-state index contributed by atoms with van der Waals surface area (Å²) in [5.74, 6) is 0.740. The van der Waals surface area contributed by atoms with Crippen molar-refractivity contribution in [1.82, 2.24) is 0 Å². The van der Waals surface area contributed by atoms with Crippen LogP contribution in [0.1, 0.15) is 0 Å². The first-order valence-electron chi connectivity index (χ1n) is 7.08. The van der Waals surface area contributed by atoms with Gasteiger partial charge in [-0.1, -0.05) is 0 Å². The highest BCUT2D eigenvalue weighted by atomic mass is 32.2. The Hall–Kier alpha value is -2.27. The molecule has 1 aromatic rings. The molecule has 1 aliphatic carbocycles. The summed E-state index contributed by atoms with van der Waals surface area (Å²) in [5, 5.41) is 8.08. The summed E-state index contributed by atoms with van der Waals surface area (Å²) in [6, 6.07) is 3.67. The van der Waals surface area contributed by atoms with Crippen LogP contribution in [0.25, 0.3) is 0 Å². The molecule has 0 saturated heterocycles. The molecule has 0 fully saturated rings. The molecule has 0 spiro atoms. The van der Waals surface area contributed by atoms with E-state index in [9.17, 15) is 13.0 Å². The molecule has 3 N–H and O–H groups in total. The minimum Gasteiger partial charge on any atom is -0.497 e. The number of hydrogen-bond donors (Lipinski definition) is 2. The minimum atomic E-state index is -4.39. The molecule has 1 aromatic carbocycles. The lowest BCUT2D eigenvalue weighted by Crippen LogP contribution is -2.48. The van der Waals surface area contributed by atoms with E-state index in [4.69, 9.17) is 19.9 Å². The lowest BCUT2D eigenvalue weighted by atomic mass is 9.98. The van der Waals surface area contributed by atoms with Crippen molar-refractivity contribution in [2.45, 2.75) is 16.7 Å². The highest BCUT2D eigenvalue weighted by Crippen LogP contribution is 2.32. The Kier molecular flexibility index (Phi) is 5.58. The van der Waals surface area contributed by atoms with E-state index in [1.165, 1.54) is 39.5 Å². The molecule has 0 aliphatic heterocycles. The number of rotatable bonds is 6. The zero-order valence-corrected chi connectivity index (χ0v) is 14.7. The molecule has 10 heteroatoms. The van der Waals surface area contributed by atoms with Gasteiger partial charge < -0.3 is 14.2 Å². The van der Waals surface area contributed by atoms with Crippen LogP contribution in [0.5, 0.6) is 5.75 Å². The average Bonchev–Trinajstić information content (AvgIpc) is 2.58. The van der Waals surface area contributed by atoms with E-state index in [-0.39, 0.29) is 16.3 Å². The van der Waals surface area contributed by atoms with Gasteiger partial charge in [0.25, 0.3) is 10.1 Å². The Bertz CT molecular complexity index is 834. The smallest absolute Gasteiger partial charge is 0.294 e. The molecule has 0 amide bonds. The lowest BCUT2D eigenvalue weighted by Gasteiger charge is -2.30. The van der Waals surface area contributed by atoms with Crippen molar-refractivity contribution in [2.75, 3.05) is 21.3 Å². The maximum Gasteiger partial charge on any atom is 0.294 e. The van der Waals surface area contributed by atoms with Gasteiger partial charge >= 0.3 is 0 Å². The minimum absolute atomic E-state index is 0.0826. The second kappa shape index (κ2) is 7.31. The largest absolute Gasteiger partial charge is 0.497 e. The maximum atomic E-state index is 11.3. The SMILES string of the molecule is COC1=CC(N)(N=Nc2cc(S(=O)(=O)O)ccc2OC)C(OC)C=C1. The van der Waals surface area contributed by atoms with Crippen LogP contribution < -0.4 is 10.5 Å². The van der Waals surface area contributed by atoms with Gasteiger partial charge in [0.15, 0.2) is 5.66 Å². The third kappa shape index (κ3) is 4.23. The molecule has 0 aromatic heterocycles. The van der Waals surface area contributed by atoms with Gasteiger partial charge in [-0.3, -0.25) is 10.3 Å². The number of allylic oxidation sites excluding steroid dienone is 1. The number of benzene rings is 1. The van der Waals surface area contributed by atoms with Crippen LogP contribution in [0.2, 0.25) is 0 Å². The van der Waals surface area contributed by atoms with E-state index < -0.39 is 21.9 Å². The van der Waals surface area contributed by atoms with Crippen LogP contribution in [0, 0.1) is 0 Å². The van der Waals surface area contributed by atoms with E-state index in [1.807, 2.05) is 0 Å². The highest BCUT2D eigenvalue weighted by Gasteiger charge is 2.35. The number of azo groups is 1. The fourth-order valence-corrected chi connectivity index (χ4v) is 2.72. The summed E-state index contributed by atoms with van der Waals surface area (Å²) in [6.07, 6.45) is 4.29. The molecule has 1 aliphatic rings. The Labute approximate surface area is 145 Å². The predicted octanol–water partition coefficient (Wildman–Crippen LogP) is 1.80. The third-order valence-electron chi connectivity index (χ3n) is 3.53. The number of ether oxygens (including phenoxy) is 3. The Morgan fingerprint density at radius 1 is 1.24 bits per heavy atom. The van der Waals surface area contributed by atoms with Crippen molar-refractivity contribution in [3.05, 3.63) is 42.2 Å². The van der Waals surface area contributed by atoms with Gasteiger partial charge in [0, 0.05) is 13.2 Å². The fraction of sp³-hybridized carbons (Fsp3) is 0.333. The Balaban J connectivity index is 2.46. The number of nitrogens with zero attached hydrogens (tertiary/aromatic N) is 2. The first-order chi connectivity index (χ1) is 11.7. The molecule has 2 atom stereocenters. The molecular weight excluding hydrogens is 350 g/mol. The molecule has 2 rings (SSSR count).